The Labute approximate surface area is 137 Å². The fourth-order valence-electron chi connectivity index (χ4n) is 1.81. The highest BCUT2D eigenvalue weighted by molar-refractivity contribution is 8.13. The lowest BCUT2D eigenvalue weighted by molar-refractivity contribution is 0.481. The molecule has 0 bridgehead atoms. The van der Waals surface area contributed by atoms with E-state index in [1.807, 2.05) is 13.8 Å². The van der Waals surface area contributed by atoms with E-state index in [1.54, 1.807) is 12.1 Å². The smallest absolute Gasteiger partial charge is 0.261 e. The molecule has 2 aromatic carbocycles. The molecular weight excluding hydrogens is 355 g/mol. The second kappa shape index (κ2) is 6.05. The number of hydrogen-bond acceptors (Lipinski definition) is 3. The van der Waals surface area contributed by atoms with Gasteiger partial charge in [-0.2, -0.15) is 0 Å². The van der Waals surface area contributed by atoms with Gasteiger partial charge in [0, 0.05) is 15.7 Å². The number of rotatable bonds is 3. The molecule has 0 N–H and O–H groups in total. The van der Waals surface area contributed by atoms with Crippen LogP contribution in [0.25, 0.3) is 0 Å². The quantitative estimate of drug-likeness (QED) is 0.690. The Bertz CT molecular complexity index is 778. The van der Waals surface area contributed by atoms with E-state index in [0.29, 0.717) is 16.5 Å². The van der Waals surface area contributed by atoms with Gasteiger partial charge in [-0.25, -0.2) is 8.42 Å². The monoisotopic (exact) mass is 364 g/mol. The molecule has 0 saturated heterocycles. The first kappa shape index (κ1) is 16.4. The van der Waals surface area contributed by atoms with Crippen LogP contribution in [0, 0.1) is 13.8 Å². The molecule has 0 saturated carbocycles. The van der Waals surface area contributed by atoms with Crippen molar-refractivity contribution in [2.75, 3.05) is 0 Å². The zero-order valence-electron chi connectivity index (χ0n) is 11.2. The van der Waals surface area contributed by atoms with E-state index >= 15 is 0 Å². The molecule has 0 aliphatic rings. The average Bonchev–Trinajstić information content (AvgIpc) is 2.37. The van der Waals surface area contributed by atoms with Crippen molar-refractivity contribution < 1.29 is 13.2 Å². The molecule has 0 unspecified atom stereocenters. The fourth-order valence-corrected chi connectivity index (χ4v) is 2.98. The molecule has 2 rings (SSSR count). The van der Waals surface area contributed by atoms with Crippen LogP contribution in [-0.4, -0.2) is 8.42 Å². The summed E-state index contributed by atoms with van der Waals surface area (Å²) in [4.78, 5) is -0.0787. The lowest BCUT2D eigenvalue weighted by Gasteiger charge is -2.11. The van der Waals surface area contributed by atoms with Crippen LogP contribution in [0.4, 0.5) is 0 Å². The first-order valence-corrected chi connectivity index (χ1v) is 8.94. The molecule has 3 nitrogen and oxygen atoms in total. The zero-order chi connectivity index (χ0) is 15.8. The van der Waals surface area contributed by atoms with Crippen LogP contribution in [0.2, 0.25) is 10.0 Å². The van der Waals surface area contributed by atoms with E-state index in [1.165, 1.54) is 18.2 Å². The van der Waals surface area contributed by atoms with E-state index in [4.69, 9.17) is 38.6 Å². The Morgan fingerprint density at radius 3 is 2.05 bits per heavy atom. The Balaban J connectivity index is 2.37. The van der Waals surface area contributed by atoms with Crippen LogP contribution in [0.3, 0.4) is 0 Å². The van der Waals surface area contributed by atoms with Gasteiger partial charge >= 0.3 is 0 Å². The summed E-state index contributed by atoms with van der Waals surface area (Å²) in [7, 11) is 1.44. The number of hydrogen-bond donors (Lipinski definition) is 0. The summed E-state index contributed by atoms with van der Waals surface area (Å²) in [6.07, 6.45) is 0. The van der Waals surface area contributed by atoms with Crippen molar-refractivity contribution in [2.24, 2.45) is 0 Å². The van der Waals surface area contributed by atoms with Gasteiger partial charge in [0.15, 0.2) is 0 Å². The lowest BCUT2D eigenvalue weighted by Crippen LogP contribution is -1.93. The Morgan fingerprint density at radius 1 is 1.00 bits per heavy atom. The summed E-state index contributed by atoms with van der Waals surface area (Å²) >= 11 is 12.1. The van der Waals surface area contributed by atoms with Gasteiger partial charge in [-0.3, -0.25) is 0 Å². The summed E-state index contributed by atoms with van der Waals surface area (Å²) in [6.45, 7) is 3.74. The van der Waals surface area contributed by atoms with Crippen molar-refractivity contribution in [1.29, 1.82) is 0 Å². The third-order valence-electron chi connectivity index (χ3n) is 2.82. The summed E-state index contributed by atoms with van der Waals surface area (Å²) in [5.74, 6) is 0.902. The Hall–Kier alpha value is -0.940. The van der Waals surface area contributed by atoms with E-state index < -0.39 is 9.05 Å². The van der Waals surface area contributed by atoms with Gasteiger partial charge < -0.3 is 4.74 Å². The van der Waals surface area contributed by atoms with Crippen molar-refractivity contribution >= 4 is 42.9 Å². The number of halogens is 3. The molecule has 0 aromatic heterocycles. The minimum atomic E-state index is -3.82. The highest BCUT2D eigenvalue weighted by Crippen LogP contribution is 2.34. The molecule has 0 spiro atoms. The Kier molecular flexibility index (Phi) is 4.73. The molecule has 0 atom stereocenters. The van der Waals surface area contributed by atoms with Gasteiger partial charge in [0.05, 0.1) is 9.92 Å². The van der Waals surface area contributed by atoms with Gasteiger partial charge in [0.1, 0.15) is 11.5 Å². The molecule has 0 aliphatic heterocycles. The minimum Gasteiger partial charge on any atom is -0.456 e. The maximum Gasteiger partial charge on any atom is 0.261 e. The summed E-state index contributed by atoms with van der Waals surface area (Å²) < 4.78 is 28.1. The molecule has 112 valence electrons. The van der Waals surface area contributed by atoms with Gasteiger partial charge in [-0.15, -0.1) is 0 Å². The van der Waals surface area contributed by atoms with Gasteiger partial charge in [-0.1, -0.05) is 23.2 Å². The van der Waals surface area contributed by atoms with E-state index in [-0.39, 0.29) is 9.92 Å². The third-order valence-corrected chi connectivity index (χ3v) is 5.07. The minimum absolute atomic E-state index is 0.0787. The highest BCUT2D eigenvalue weighted by Gasteiger charge is 2.14. The maximum atomic E-state index is 11.2. The number of benzene rings is 2. The highest BCUT2D eigenvalue weighted by atomic mass is 35.7. The normalized spacial score (nSPS) is 11.5. The second-order valence-electron chi connectivity index (χ2n) is 4.50. The topological polar surface area (TPSA) is 43.4 Å². The van der Waals surface area contributed by atoms with Crippen LogP contribution >= 0.6 is 33.9 Å². The van der Waals surface area contributed by atoms with E-state index in [9.17, 15) is 8.42 Å². The SMILES string of the molecule is Cc1cc(Oc2ccc(S(=O)(=O)Cl)cc2Cl)cc(C)c1Cl. The van der Waals surface area contributed by atoms with Gasteiger partial charge in [0.25, 0.3) is 9.05 Å². The van der Waals surface area contributed by atoms with Crippen molar-refractivity contribution in [2.45, 2.75) is 18.7 Å². The van der Waals surface area contributed by atoms with Crippen molar-refractivity contribution in [3.63, 3.8) is 0 Å². The molecule has 0 heterocycles. The Morgan fingerprint density at radius 2 is 1.57 bits per heavy atom. The van der Waals surface area contributed by atoms with E-state index in [2.05, 4.69) is 0 Å². The van der Waals surface area contributed by atoms with Crippen LogP contribution in [0.1, 0.15) is 11.1 Å². The van der Waals surface area contributed by atoms with Crippen molar-refractivity contribution in [3.8, 4) is 11.5 Å². The molecule has 2 aromatic rings. The maximum absolute atomic E-state index is 11.2. The molecule has 21 heavy (non-hydrogen) atoms. The van der Waals surface area contributed by atoms with Crippen LogP contribution < -0.4 is 4.74 Å². The van der Waals surface area contributed by atoms with Crippen molar-refractivity contribution in [3.05, 3.63) is 51.5 Å². The predicted molar refractivity (Wildman–Crippen MR) is 85.5 cm³/mol. The number of aryl methyl sites for hydroxylation is 2. The molecule has 0 fully saturated rings. The first-order valence-electron chi connectivity index (χ1n) is 5.87. The van der Waals surface area contributed by atoms with Gasteiger partial charge in [-0.05, 0) is 55.3 Å². The second-order valence-corrected chi connectivity index (χ2v) is 7.85. The molecule has 7 heteroatoms. The largest absolute Gasteiger partial charge is 0.456 e. The zero-order valence-corrected chi connectivity index (χ0v) is 14.2. The summed E-state index contributed by atoms with van der Waals surface area (Å²) in [5, 5.41) is 0.832. The summed E-state index contributed by atoms with van der Waals surface area (Å²) in [5.41, 5.74) is 1.76. The molecule has 0 amide bonds. The van der Waals surface area contributed by atoms with Gasteiger partial charge in [0.2, 0.25) is 0 Å². The lowest BCUT2D eigenvalue weighted by atomic mass is 10.1. The van der Waals surface area contributed by atoms with Crippen LogP contribution in [0.15, 0.2) is 35.2 Å². The standard InChI is InChI=1S/C14H11Cl3O3S/c1-8-5-10(6-9(2)14(8)16)20-13-4-3-11(7-12(13)15)21(17,18)19/h3-7H,1-2H3. The van der Waals surface area contributed by atoms with Crippen molar-refractivity contribution in [1.82, 2.24) is 0 Å². The summed E-state index contributed by atoms with van der Waals surface area (Å²) in [6, 6.07) is 7.58. The van der Waals surface area contributed by atoms with Crippen LogP contribution in [-0.2, 0) is 9.05 Å². The average molecular weight is 366 g/mol. The third kappa shape index (κ3) is 3.83. The first-order chi connectivity index (χ1) is 9.68. The molecule has 0 aliphatic carbocycles. The molecule has 0 radical (unpaired) electrons. The predicted octanol–water partition coefficient (Wildman–Crippen LogP) is 5.33. The fraction of sp³-hybridized carbons (Fsp3) is 0.143. The van der Waals surface area contributed by atoms with Crippen LogP contribution in [0.5, 0.6) is 11.5 Å². The number of ether oxygens (including phenoxy) is 1. The van der Waals surface area contributed by atoms with E-state index in [0.717, 1.165) is 11.1 Å². The molecular formula is C14H11Cl3O3S.